The predicted molar refractivity (Wildman–Crippen MR) is 176 cm³/mol. The largest absolute Gasteiger partial charge is 0.414 e. The van der Waals surface area contributed by atoms with Gasteiger partial charge in [-0.1, -0.05) is 55.4 Å². The molecule has 1 N–H and O–H groups in total. The molecule has 1 aliphatic heterocycles. The summed E-state index contributed by atoms with van der Waals surface area (Å²) in [6, 6.07) is 0. The van der Waals surface area contributed by atoms with Crippen molar-refractivity contribution in [1.29, 1.82) is 0 Å². The molecule has 0 spiro atoms. The Morgan fingerprint density at radius 3 is 1.83 bits per heavy atom. The van der Waals surface area contributed by atoms with Crippen LogP contribution in [0.4, 0.5) is 0 Å². The Hall–Kier alpha value is 0.234. The van der Waals surface area contributed by atoms with Crippen molar-refractivity contribution in [2.24, 2.45) is 34.5 Å². The Bertz CT molecular complexity index is 1040. The smallest absolute Gasteiger partial charge is 0.192 e. The van der Waals surface area contributed by atoms with Crippen molar-refractivity contribution in [2.75, 3.05) is 0 Å². The monoisotopic (exact) mass is 622 g/mol. The van der Waals surface area contributed by atoms with E-state index in [1.165, 1.54) is 12.8 Å². The van der Waals surface area contributed by atoms with Crippen molar-refractivity contribution < 1.29 is 23.4 Å². The molecular weight excluding hydrogens is 557 g/mol. The molecule has 1 heterocycles. The van der Waals surface area contributed by atoms with Crippen molar-refractivity contribution in [3.8, 4) is 0 Å². The lowest BCUT2D eigenvalue weighted by atomic mass is 9.40. The average Bonchev–Trinajstić information content (AvgIpc) is 3.28. The SMILES string of the molecule is CC1(C)OC2C(O1)C1CC(O[Si](C)(C)C(C)(C)C)CC(C)(O)[C@]1(C)C1CC[C@]3(C)C(O[Si](C)(C)C(C)(C)C)CCC3C21. The van der Waals surface area contributed by atoms with Gasteiger partial charge in [0.25, 0.3) is 0 Å². The summed E-state index contributed by atoms with van der Waals surface area (Å²) in [5.74, 6) is 0.872. The fourth-order valence-corrected chi connectivity index (χ4v) is 12.8. The molecule has 5 nitrogen and oxygen atoms in total. The van der Waals surface area contributed by atoms with Crippen molar-refractivity contribution in [2.45, 2.75) is 187 Å². The highest BCUT2D eigenvalue weighted by Crippen LogP contribution is 2.71. The molecule has 244 valence electrons. The molecule has 0 bridgehead atoms. The number of hydrogen-bond donors (Lipinski definition) is 1. The van der Waals surface area contributed by atoms with Crippen LogP contribution in [0.25, 0.3) is 0 Å². The maximum Gasteiger partial charge on any atom is 0.192 e. The van der Waals surface area contributed by atoms with Gasteiger partial charge in [-0.3, -0.25) is 0 Å². The lowest BCUT2D eigenvalue weighted by Crippen LogP contribution is -2.71. The molecule has 4 aliphatic carbocycles. The van der Waals surface area contributed by atoms with Crippen LogP contribution in [0.3, 0.4) is 0 Å². The lowest BCUT2D eigenvalue weighted by Gasteiger charge is -2.67. The van der Waals surface area contributed by atoms with Gasteiger partial charge < -0.3 is 23.4 Å². The maximum atomic E-state index is 12.6. The zero-order valence-corrected chi connectivity index (χ0v) is 31.9. The third-order valence-electron chi connectivity index (χ3n) is 14.5. The fraction of sp³-hybridized carbons (Fsp3) is 1.00. The third-order valence-corrected chi connectivity index (χ3v) is 23.6. The minimum absolute atomic E-state index is 0.0220. The maximum absolute atomic E-state index is 12.6. The summed E-state index contributed by atoms with van der Waals surface area (Å²) >= 11 is 0. The molecule has 0 aromatic rings. The zero-order chi connectivity index (χ0) is 31.7. The Balaban J connectivity index is 1.51. The van der Waals surface area contributed by atoms with Gasteiger partial charge in [0.2, 0.25) is 0 Å². The van der Waals surface area contributed by atoms with Gasteiger partial charge >= 0.3 is 0 Å². The van der Waals surface area contributed by atoms with Gasteiger partial charge in [-0.05, 0) is 118 Å². The van der Waals surface area contributed by atoms with Crippen LogP contribution in [0.1, 0.15) is 115 Å². The molecule has 5 aliphatic rings. The van der Waals surface area contributed by atoms with Crippen LogP contribution in [0, 0.1) is 34.5 Å². The second-order valence-corrected chi connectivity index (χ2v) is 29.0. The second kappa shape index (κ2) is 9.87. The molecule has 7 heteroatoms. The number of hydrogen-bond acceptors (Lipinski definition) is 5. The summed E-state index contributed by atoms with van der Waals surface area (Å²) in [5.41, 5.74) is -0.957. The molecule has 5 fully saturated rings. The molecule has 0 aromatic heterocycles. The standard InChI is InChI=1S/C35H66O5Si2/c1-30(2,3)41(12,13)39-22-20-25-28-29(38-32(7,8)37-28)27-23-16-17-26(40-42(14,15)31(4,5)6)33(23,9)19-18-24(27)35(25,11)34(10,36)21-22/h22-29,36H,16-21H2,1-15H3/t22?,23?,24?,25?,26?,27?,28?,29?,33-,34?,35+/m0/s1. The first-order chi connectivity index (χ1) is 18.8. The Morgan fingerprint density at radius 2 is 1.26 bits per heavy atom. The predicted octanol–water partition coefficient (Wildman–Crippen LogP) is 8.91. The van der Waals surface area contributed by atoms with Gasteiger partial charge in [0.15, 0.2) is 22.4 Å². The fourth-order valence-electron chi connectivity index (χ4n) is 9.96. The van der Waals surface area contributed by atoms with E-state index in [4.69, 9.17) is 18.3 Å². The molecule has 11 atom stereocenters. The van der Waals surface area contributed by atoms with Crippen LogP contribution in [0.2, 0.25) is 36.3 Å². The van der Waals surface area contributed by atoms with Crippen molar-refractivity contribution in [1.82, 2.24) is 0 Å². The van der Waals surface area contributed by atoms with Gasteiger partial charge in [0, 0.05) is 17.9 Å². The van der Waals surface area contributed by atoms with Crippen LogP contribution < -0.4 is 0 Å². The highest BCUT2D eigenvalue weighted by atomic mass is 28.4. The van der Waals surface area contributed by atoms with Gasteiger partial charge in [0.1, 0.15) is 0 Å². The molecule has 42 heavy (non-hydrogen) atoms. The molecule has 0 radical (unpaired) electrons. The van der Waals surface area contributed by atoms with E-state index in [-0.39, 0.29) is 45.1 Å². The quantitative estimate of drug-likeness (QED) is 0.317. The topological polar surface area (TPSA) is 57.2 Å². The number of aliphatic hydroxyl groups is 1. The van der Waals surface area contributed by atoms with Crippen LogP contribution in [0.5, 0.6) is 0 Å². The molecule has 1 saturated heterocycles. The normalized spacial score (nSPS) is 47.4. The van der Waals surface area contributed by atoms with Gasteiger partial charge in [-0.2, -0.15) is 0 Å². The summed E-state index contributed by atoms with van der Waals surface area (Å²) in [4.78, 5) is 0. The van der Waals surface area contributed by atoms with Crippen molar-refractivity contribution in [3.05, 3.63) is 0 Å². The third kappa shape index (κ3) is 5.01. The van der Waals surface area contributed by atoms with E-state index in [1.807, 2.05) is 0 Å². The summed E-state index contributed by atoms with van der Waals surface area (Å²) in [7, 11) is -3.89. The molecule has 5 rings (SSSR count). The van der Waals surface area contributed by atoms with E-state index in [9.17, 15) is 5.11 Å². The summed E-state index contributed by atoms with van der Waals surface area (Å²) in [6.45, 7) is 34.8. The van der Waals surface area contributed by atoms with Crippen LogP contribution in [-0.4, -0.2) is 57.5 Å². The summed E-state index contributed by atoms with van der Waals surface area (Å²) in [5, 5.41) is 12.9. The number of rotatable bonds is 4. The van der Waals surface area contributed by atoms with E-state index in [2.05, 4.69) is 102 Å². The zero-order valence-electron chi connectivity index (χ0n) is 29.9. The van der Waals surface area contributed by atoms with E-state index >= 15 is 0 Å². The van der Waals surface area contributed by atoms with E-state index in [1.54, 1.807) is 0 Å². The number of fused-ring (bicyclic) bond motifs is 8. The first kappa shape index (κ1) is 33.6. The molecular formula is C35H66O5Si2. The van der Waals surface area contributed by atoms with Gasteiger partial charge in [-0.25, -0.2) is 0 Å². The molecule has 0 aromatic carbocycles. The molecule has 0 amide bonds. The van der Waals surface area contributed by atoms with Crippen LogP contribution >= 0.6 is 0 Å². The highest BCUT2D eigenvalue weighted by molar-refractivity contribution is 6.74. The second-order valence-electron chi connectivity index (χ2n) is 19.4. The van der Waals surface area contributed by atoms with Crippen LogP contribution in [-0.2, 0) is 18.3 Å². The highest BCUT2D eigenvalue weighted by Gasteiger charge is 2.73. The minimum atomic E-state index is -1.99. The van der Waals surface area contributed by atoms with Crippen molar-refractivity contribution >= 4 is 16.6 Å². The summed E-state index contributed by atoms with van der Waals surface area (Å²) < 4.78 is 28.1. The Morgan fingerprint density at radius 1 is 0.714 bits per heavy atom. The van der Waals surface area contributed by atoms with Crippen LogP contribution in [0.15, 0.2) is 0 Å². The molecule has 9 unspecified atom stereocenters. The minimum Gasteiger partial charge on any atom is -0.414 e. The van der Waals surface area contributed by atoms with E-state index in [0.29, 0.717) is 30.3 Å². The van der Waals surface area contributed by atoms with Crippen molar-refractivity contribution in [3.63, 3.8) is 0 Å². The summed E-state index contributed by atoms with van der Waals surface area (Å²) in [6.07, 6.45) is 6.65. The van der Waals surface area contributed by atoms with E-state index < -0.39 is 28.0 Å². The van der Waals surface area contributed by atoms with Gasteiger partial charge in [-0.15, -0.1) is 0 Å². The Kier molecular flexibility index (Phi) is 7.89. The van der Waals surface area contributed by atoms with Gasteiger partial charge in [0.05, 0.1) is 23.9 Å². The lowest BCUT2D eigenvalue weighted by molar-refractivity contribution is -0.259. The number of ether oxygens (including phenoxy) is 2. The first-order valence-electron chi connectivity index (χ1n) is 17.2. The first-order valence-corrected chi connectivity index (χ1v) is 23.0. The average molecular weight is 623 g/mol. The van der Waals surface area contributed by atoms with E-state index in [0.717, 1.165) is 19.3 Å². The Labute approximate surface area is 260 Å². The molecule has 4 saturated carbocycles.